The van der Waals surface area contributed by atoms with E-state index in [2.05, 4.69) is 10.1 Å². The summed E-state index contributed by atoms with van der Waals surface area (Å²) in [5.41, 5.74) is 0.473. The average Bonchev–Trinajstić information content (AvgIpc) is 3.39. The van der Waals surface area contributed by atoms with E-state index < -0.39 is 5.60 Å². The van der Waals surface area contributed by atoms with Gasteiger partial charge in [-0.05, 0) is 57.2 Å². The third kappa shape index (κ3) is 3.86. The molecule has 0 aliphatic carbocycles. The van der Waals surface area contributed by atoms with E-state index in [1.807, 2.05) is 37.7 Å². The zero-order chi connectivity index (χ0) is 23.3. The highest BCUT2D eigenvalue weighted by Gasteiger charge is 2.28. The minimum absolute atomic E-state index is 0.107. The average molecular weight is 447 g/mol. The number of rotatable bonds is 2. The molecule has 2 aromatic heterocycles. The van der Waals surface area contributed by atoms with Crippen molar-refractivity contribution in [3.63, 3.8) is 0 Å². The lowest BCUT2D eigenvalue weighted by Gasteiger charge is -2.33. The largest absolute Gasteiger partial charge is 0.507 e. The third-order valence-electron chi connectivity index (χ3n) is 6.09. The van der Waals surface area contributed by atoms with Crippen molar-refractivity contribution in [2.45, 2.75) is 45.3 Å². The Bertz CT molecular complexity index is 1450. The molecule has 1 aliphatic rings. The molecule has 2 aromatic carbocycles. The molecule has 170 valence electrons. The van der Waals surface area contributed by atoms with Gasteiger partial charge in [-0.2, -0.15) is 5.10 Å². The van der Waals surface area contributed by atoms with Crippen LogP contribution in [0.5, 0.6) is 0 Å². The van der Waals surface area contributed by atoms with Crippen molar-refractivity contribution < 1.29 is 14.6 Å². The van der Waals surface area contributed by atoms with E-state index in [1.54, 1.807) is 35.4 Å². The molecule has 33 heavy (non-hydrogen) atoms. The zero-order valence-electron chi connectivity index (χ0n) is 18.9. The quantitative estimate of drug-likeness (QED) is 0.507. The Morgan fingerprint density at radius 2 is 1.85 bits per heavy atom. The summed E-state index contributed by atoms with van der Waals surface area (Å²) in [5.74, 6) is 0.107. The normalized spacial score (nSPS) is 16.5. The van der Waals surface area contributed by atoms with Crippen LogP contribution >= 0.6 is 0 Å². The SMILES string of the molecule is CC(C)(C)OC(=O)N1CCC(n2cc(/C(O)=c3/ccc4nc(=O)c5cccc3c45)cn2)CC1. The van der Waals surface area contributed by atoms with Crippen LogP contribution in [0.25, 0.3) is 27.4 Å². The predicted octanol–water partition coefficient (Wildman–Crippen LogP) is 3.39. The lowest BCUT2D eigenvalue weighted by atomic mass is 10.0. The van der Waals surface area contributed by atoms with Crippen LogP contribution in [0.1, 0.15) is 45.2 Å². The van der Waals surface area contributed by atoms with Crippen molar-refractivity contribution >= 4 is 33.5 Å². The molecule has 0 saturated carbocycles. The van der Waals surface area contributed by atoms with E-state index in [4.69, 9.17) is 4.74 Å². The maximum atomic E-state index is 12.3. The molecule has 5 rings (SSSR count). The number of likely N-dealkylation sites (tertiary alicyclic amines) is 1. The molecule has 1 aliphatic heterocycles. The van der Waals surface area contributed by atoms with Gasteiger partial charge in [0.05, 0.1) is 28.7 Å². The van der Waals surface area contributed by atoms with Crippen LogP contribution in [0.4, 0.5) is 4.79 Å². The minimum atomic E-state index is -0.512. The number of aliphatic hydroxyl groups is 1. The van der Waals surface area contributed by atoms with E-state index in [9.17, 15) is 14.7 Å². The van der Waals surface area contributed by atoms with Crippen LogP contribution in [0.15, 0.2) is 47.5 Å². The van der Waals surface area contributed by atoms with Gasteiger partial charge in [0.2, 0.25) is 0 Å². The number of aliphatic hydroxyl groups excluding tert-OH is 1. The maximum Gasteiger partial charge on any atom is 0.410 e. The van der Waals surface area contributed by atoms with Gasteiger partial charge in [-0.3, -0.25) is 9.48 Å². The van der Waals surface area contributed by atoms with E-state index >= 15 is 0 Å². The van der Waals surface area contributed by atoms with Gasteiger partial charge in [-0.1, -0.05) is 12.1 Å². The smallest absolute Gasteiger partial charge is 0.410 e. The number of piperidine rings is 1. The first-order valence-corrected chi connectivity index (χ1v) is 11.1. The summed E-state index contributed by atoms with van der Waals surface area (Å²) in [6.45, 7) is 6.77. The van der Waals surface area contributed by atoms with Crippen molar-refractivity contribution in [1.29, 1.82) is 0 Å². The summed E-state index contributed by atoms with van der Waals surface area (Å²) in [6.07, 6.45) is 4.71. The Balaban J connectivity index is 1.40. The van der Waals surface area contributed by atoms with Crippen LogP contribution in [0, 0.1) is 0 Å². The van der Waals surface area contributed by atoms with Crippen LogP contribution in [-0.4, -0.2) is 49.6 Å². The topological polar surface area (TPSA) is 97.5 Å². The number of amides is 1. The highest BCUT2D eigenvalue weighted by atomic mass is 16.6. The highest BCUT2D eigenvalue weighted by Crippen LogP contribution is 2.25. The minimum Gasteiger partial charge on any atom is -0.507 e. The molecule has 1 N–H and O–H groups in total. The van der Waals surface area contributed by atoms with Crippen molar-refractivity contribution in [2.24, 2.45) is 0 Å². The molecular weight excluding hydrogens is 420 g/mol. The Morgan fingerprint density at radius 1 is 1.12 bits per heavy atom. The summed E-state index contributed by atoms with van der Waals surface area (Å²) in [7, 11) is 0. The molecular formula is C25H26N4O4. The Kier molecular flexibility index (Phi) is 4.96. The number of ether oxygens (including phenoxy) is 1. The molecule has 0 unspecified atom stereocenters. The molecule has 8 heteroatoms. The molecule has 8 nitrogen and oxygen atoms in total. The fourth-order valence-corrected chi connectivity index (χ4v) is 4.49. The van der Waals surface area contributed by atoms with E-state index in [0.29, 0.717) is 34.8 Å². The van der Waals surface area contributed by atoms with Crippen LogP contribution in [0.3, 0.4) is 0 Å². The fraction of sp³-hybridized carbons (Fsp3) is 0.360. The summed E-state index contributed by atoms with van der Waals surface area (Å²) in [6, 6.07) is 9.13. The first kappa shape index (κ1) is 21.2. The van der Waals surface area contributed by atoms with Gasteiger partial charge in [0.15, 0.2) is 0 Å². The molecule has 0 radical (unpaired) electrons. The van der Waals surface area contributed by atoms with E-state index in [-0.39, 0.29) is 23.5 Å². The first-order chi connectivity index (χ1) is 15.7. The summed E-state index contributed by atoms with van der Waals surface area (Å²) in [4.78, 5) is 30.3. The summed E-state index contributed by atoms with van der Waals surface area (Å²) in [5, 5.41) is 18.3. The molecule has 0 bridgehead atoms. The Labute approximate surface area is 190 Å². The monoisotopic (exact) mass is 446 g/mol. The highest BCUT2D eigenvalue weighted by molar-refractivity contribution is 6.09. The Hall–Kier alpha value is -3.68. The number of aromatic nitrogens is 3. The van der Waals surface area contributed by atoms with Gasteiger partial charge >= 0.3 is 6.09 Å². The van der Waals surface area contributed by atoms with Crippen molar-refractivity contribution in [3.05, 3.63) is 63.9 Å². The van der Waals surface area contributed by atoms with Crippen LogP contribution < -0.4 is 10.8 Å². The number of nitrogens with zero attached hydrogens (tertiary/aromatic N) is 4. The van der Waals surface area contributed by atoms with Gasteiger partial charge < -0.3 is 14.7 Å². The molecule has 1 saturated heterocycles. The summed E-state index contributed by atoms with van der Waals surface area (Å²) < 4.78 is 7.32. The fourth-order valence-electron chi connectivity index (χ4n) is 4.49. The number of benzene rings is 2. The number of hydrogen-bond acceptors (Lipinski definition) is 6. The van der Waals surface area contributed by atoms with Crippen molar-refractivity contribution in [3.8, 4) is 0 Å². The van der Waals surface area contributed by atoms with E-state index in [0.717, 1.165) is 23.6 Å². The number of hydrogen-bond donors (Lipinski definition) is 1. The van der Waals surface area contributed by atoms with Gasteiger partial charge in [-0.15, -0.1) is 0 Å². The van der Waals surface area contributed by atoms with Crippen LogP contribution in [0.2, 0.25) is 0 Å². The molecule has 0 spiro atoms. The number of carbonyl (C=O) groups is 1. The van der Waals surface area contributed by atoms with Gasteiger partial charge in [0, 0.05) is 29.9 Å². The lowest BCUT2D eigenvalue weighted by Crippen LogP contribution is -2.42. The molecule has 1 fully saturated rings. The standard InChI is InChI=1S/C25H26N4O4/c1-25(2,3)33-24(32)28-11-9-16(10-12-28)29-14-15(13-26-29)22(30)18-7-8-20-21-17(18)5-4-6-19(21)23(31)27-20/h4-8,13-14,16,30H,9-12H2,1-3H3/b22-18+. The van der Waals surface area contributed by atoms with Crippen molar-refractivity contribution in [2.75, 3.05) is 13.1 Å². The lowest BCUT2D eigenvalue weighted by molar-refractivity contribution is 0.0185. The van der Waals surface area contributed by atoms with Gasteiger partial charge in [-0.25, -0.2) is 9.78 Å². The maximum absolute atomic E-state index is 12.3. The molecule has 1 amide bonds. The molecule has 4 aromatic rings. The summed E-state index contributed by atoms with van der Waals surface area (Å²) >= 11 is 0. The second-order valence-electron chi connectivity index (χ2n) is 9.53. The van der Waals surface area contributed by atoms with Crippen molar-refractivity contribution in [1.82, 2.24) is 19.7 Å². The van der Waals surface area contributed by atoms with Gasteiger partial charge in [0.25, 0.3) is 5.56 Å². The Morgan fingerprint density at radius 3 is 2.58 bits per heavy atom. The second kappa shape index (κ2) is 7.72. The third-order valence-corrected chi connectivity index (χ3v) is 6.09. The van der Waals surface area contributed by atoms with E-state index in [1.165, 1.54) is 0 Å². The second-order valence-corrected chi connectivity index (χ2v) is 9.53. The van der Waals surface area contributed by atoms with Crippen LogP contribution in [-0.2, 0) is 4.74 Å². The molecule has 3 heterocycles. The van der Waals surface area contributed by atoms with Gasteiger partial charge in [0.1, 0.15) is 11.4 Å². The number of carbonyl (C=O) groups excluding carboxylic acids is 1. The molecule has 0 atom stereocenters. The first-order valence-electron chi connectivity index (χ1n) is 11.1. The predicted molar refractivity (Wildman–Crippen MR) is 125 cm³/mol. The zero-order valence-corrected chi connectivity index (χ0v) is 18.9.